The van der Waals surface area contributed by atoms with Gasteiger partial charge in [-0.25, -0.2) is 4.39 Å². The van der Waals surface area contributed by atoms with Crippen LogP contribution in [-0.2, 0) is 13.1 Å². The Kier molecular flexibility index (Phi) is 4.26. The molecule has 0 aliphatic carbocycles. The molecule has 0 aliphatic heterocycles. The SMILES string of the molecule is CCn1c(C)cc(CNc2cc(F)cc([N+](=O)[O-])c2)c1C. The van der Waals surface area contributed by atoms with Crippen molar-refractivity contribution < 1.29 is 9.31 Å². The first-order valence-electron chi connectivity index (χ1n) is 6.76. The second-order valence-electron chi connectivity index (χ2n) is 4.95. The number of nitro benzene ring substituents is 1. The molecule has 1 heterocycles. The first-order chi connectivity index (χ1) is 9.92. The molecular weight excluding hydrogens is 273 g/mol. The molecule has 21 heavy (non-hydrogen) atoms. The van der Waals surface area contributed by atoms with Gasteiger partial charge >= 0.3 is 0 Å². The third-order valence-corrected chi connectivity index (χ3v) is 3.57. The summed E-state index contributed by atoms with van der Waals surface area (Å²) in [6, 6.07) is 5.57. The first-order valence-corrected chi connectivity index (χ1v) is 6.76. The van der Waals surface area contributed by atoms with Gasteiger partial charge in [0, 0.05) is 36.2 Å². The van der Waals surface area contributed by atoms with Gasteiger partial charge in [0.15, 0.2) is 0 Å². The summed E-state index contributed by atoms with van der Waals surface area (Å²) in [5.41, 5.74) is 3.56. The summed E-state index contributed by atoms with van der Waals surface area (Å²) in [6.07, 6.45) is 0. The second-order valence-corrected chi connectivity index (χ2v) is 4.95. The molecule has 0 spiro atoms. The first kappa shape index (κ1) is 15.0. The number of halogens is 1. The van der Waals surface area contributed by atoms with Crippen LogP contribution in [0, 0.1) is 29.8 Å². The van der Waals surface area contributed by atoms with E-state index < -0.39 is 10.7 Å². The fourth-order valence-electron chi connectivity index (χ4n) is 2.52. The second kappa shape index (κ2) is 5.95. The van der Waals surface area contributed by atoms with E-state index in [0.717, 1.165) is 29.6 Å². The van der Waals surface area contributed by atoms with Gasteiger partial charge in [0.2, 0.25) is 0 Å². The van der Waals surface area contributed by atoms with Crippen LogP contribution in [0.5, 0.6) is 0 Å². The number of rotatable bonds is 5. The highest BCUT2D eigenvalue weighted by molar-refractivity contribution is 5.52. The van der Waals surface area contributed by atoms with Crippen LogP contribution in [0.2, 0.25) is 0 Å². The minimum absolute atomic E-state index is 0.253. The fourth-order valence-corrected chi connectivity index (χ4v) is 2.52. The van der Waals surface area contributed by atoms with E-state index in [-0.39, 0.29) is 5.69 Å². The molecule has 5 nitrogen and oxygen atoms in total. The van der Waals surface area contributed by atoms with Gasteiger partial charge in [-0.2, -0.15) is 0 Å². The number of hydrogen-bond acceptors (Lipinski definition) is 3. The molecule has 0 atom stereocenters. The highest BCUT2D eigenvalue weighted by atomic mass is 19.1. The average molecular weight is 291 g/mol. The molecule has 2 rings (SSSR count). The maximum Gasteiger partial charge on any atom is 0.274 e. The molecule has 0 bridgehead atoms. The number of non-ortho nitro benzene ring substituents is 1. The molecule has 0 saturated heterocycles. The zero-order valence-electron chi connectivity index (χ0n) is 12.3. The van der Waals surface area contributed by atoms with Gasteiger partial charge < -0.3 is 9.88 Å². The number of anilines is 1. The number of nitro groups is 1. The maximum atomic E-state index is 13.4. The van der Waals surface area contributed by atoms with Crippen molar-refractivity contribution in [2.75, 3.05) is 5.32 Å². The van der Waals surface area contributed by atoms with Crippen molar-refractivity contribution in [1.82, 2.24) is 4.57 Å². The minimum atomic E-state index is -0.620. The maximum absolute atomic E-state index is 13.4. The summed E-state index contributed by atoms with van der Waals surface area (Å²) in [5.74, 6) is -0.620. The average Bonchev–Trinajstić information content (AvgIpc) is 2.70. The highest BCUT2D eigenvalue weighted by Crippen LogP contribution is 2.22. The lowest BCUT2D eigenvalue weighted by Gasteiger charge is -2.08. The molecule has 0 saturated carbocycles. The number of nitrogens with zero attached hydrogens (tertiary/aromatic N) is 2. The summed E-state index contributed by atoms with van der Waals surface area (Å²) in [4.78, 5) is 10.1. The van der Waals surface area contributed by atoms with E-state index in [4.69, 9.17) is 0 Å². The fraction of sp³-hybridized carbons (Fsp3) is 0.333. The van der Waals surface area contributed by atoms with Gasteiger partial charge in [-0.15, -0.1) is 0 Å². The molecule has 0 radical (unpaired) electrons. The Bertz CT molecular complexity index is 680. The smallest absolute Gasteiger partial charge is 0.274 e. The van der Waals surface area contributed by atoms with E-state index in [1.54, 1.807) is 0 Å². The van der Waals surface area contributed by atoms with E-state index in [9.17, 15) is 14.5 Å². The van der Waals surface area contributed by atoms with Crippen molar-refractivity contribution in [3.63, 3.8) is 0 Å². The zero-order valence-corrected chi connectivity index (χ0v) is 12.3. The number of nitrogens with one attached hydrogen (secondary N) is 1. The van der Waals surface area contributed by atoms with Gasteiger partial charge in [0.05, 0.1) is 11.0 Å². The number of aryl methyl sites for hydroxylation is 1. The highest BCUT2D eigenvalue weighted by Gasteiger charge is 2.11. The predicted molar refractivity (Wildman–Crippen MR) is 80.0 cm³/mol. The Morgan fingerprint density at radius 2 is 2.00 bits per heavy atom. The van der Waals surface area contributed by atoms with E-state index in [1.165, 1.54) is 12.1 Å². The van der Waals surface area contributed by atoms with Crippen LogP contribution in [-0.4, -0.2) is 9.49 Å². The van der Waals surface area contributed by atoms with Crippen molar-refractivity contribution in [2.45, 2.75) is 33.9 Å². The van der Waals surface area contributed by atoms with Crippen LogP contribution in [0.1, 0.15) is 23.9 Å². The lowest BCUT2D eigenvalue weighted by Crippen LogP contribution is -2.03. The van der Waals surface area contributed by atoms with Gasteiger partial charge in [-0.1, -0.05) is 0 Å². The molecule has 1 aromatic carbocycles. The molecule has 0 amide bonds. The molecule has 1 N–H and O–H groups in total. The molecule has 0 aliphatic rings. The van der Waals surface area contributed by atoms with Crippen LogP contribution in [0.15, 0.2) is 24.3 Å². The van der Waals surface area contributed by atoms with Crippen molar-refractivity contribution in [3.8, 4) is 0 Å². The molecule has 112 valence electrons. The van der Waals surface area contributed by atoms with Gasteiger partial charge in [-0.3, -0.25) is 10.1 Å². The molecule has 2 aromatic rings. The summed E-state index contributed by atoms with van der Waals surface area (Å²) < 4.78 is 15.6. The Hall–Kier alpha value is -2.37. The van der Waals surface area contributed by atoms with Crippen molar-refractivity contribution in [2.24, 2.45) is 0 Å². The van der Waals surface area contributed by atoms with Crippen molar-refractivity contribution in [3.05, 3.63) is 57.1 Å². The van der Waals surface area contributed by atoms with Crippen LogP contribution in [0.3, 0.4) is 0 Å². The molecular formula is C15H18FN3O2. The Morgan fingerprint density at radius 3 is 2.57 bits per heavy atom. The molecule has 1 aromatic heterocycles. The predicted octanol–water partition coefficient (Wildman–Crippen LogP) is 3.78. The third-order valence-electron chi connectivity index (χ3n) is 3.57. The van der Waals surface area contributed by atoms with Gasteiger partial charge in [0.25, 0.3) is 5.69 Å². The summed E-state index contributed by atoms with van der Waals surface area (Å²) >= 11 is 0. The molecule has 0 unspecified atom stereocenters. The Morgan fingerprint density at radius 1 is 1.29 bits per heavy atom. The molecule has 6 heteroatoms. The summed E-state index contributed by atoms with van der Waals surface area (Å²) in [7, 11) is 0. The quantitative estimate of drug-likeness (QED) is 0.673. The lowest BCUT2D eigenvalue weighted by molar-refractivity contribution is -0.385. The van der Waals surface area contributed by atoms with Crippen LogP contribution in [0.4, 0.5) is 15.8 Å². The van der Waals surface area contributed by atoms with Gasteiger partial charge in [-0.05, 0) is 38.5 Å². The topological polar surface area (TPSA) is 60.1 Å². The zero-order chi connectivity index (χ0) is 15.6. The monoisotopic (exact) mass is 291 g/mol. The van der Waals surface area contributed by atoms with E-state index in [0.29, 0.717) is 12.2 Å². The summed E-state index contributed by atoms with van der Waals surface area (Å²) in [6.45, 7) is 7.53. The largest absolute Gasteiger partial charge is 0.381 e. The number of hydrogen-bond donors (Lipinski definition) is 1. The Balaban J connectivity index is 2.18. The Labute approximate surface area is 122 Å². The van der Waals surface area contributed by atoms with Gasteiger partial charge in [0.1, 0.15) is 5.82 Å². The number of aromatic nitrogens is 1. The molecule has 0 fully saturated rings. The third kappa shape index (κ3) is 3.21. The number of benzene rings is 1. The van der Waals surface area contributed by atoms with E-state index >= 15 is 0 Å². The van der Waals surface area contributed by atoms with Crippen molar-refractivity contribution in [1.29, 1.82) is 0 Å². The minimum Gasteiger partial charge on any atom is -0.381 e. The van der Waals surface area contributed by atoms with Crippen LogP contribution in [0.25, 0.3) is 0 Å². The van der Waals surface area contributed by atoms with Crippen molar-refractivity contribution >= 4 is 11.4 Å². The lowest BCUT2D eigenvalue weighted by atomic mass is 10.2. The van der Waals surface area contributed by atoms with Crippen LogP contribution < -0.4 is 5.32 Å². The van der Waals surface area contributed by atoms with E-state index in [1.807, 2.05) is 13.8 Å². The standard InChI is InChI=1S/C15H18FN3O2/c1-4-18-10(2)5-12(11(18)3)9-17-14-6-13(16)7-15(8-14)19(20)21/h5-8,17H,4,9H2,1-3H3. The van der Waals surface area contributed by atoms with E-state index in [2.05, 4.69) is 22.9 Å². The normalized spacial score (nSPS) is 10.7. The summed E-state index contributed by atoms with van der Waals surface area (Å²) in [5, 5.41) is 13.8. The van der Waals surface area contributed by atoms with Crippen LogP contribution >= 0.6 is 0 Å².